The van der Waals surface area contributed by atoms with Crippen molar-refractivity contribution in [3.8, 4) is 0 Å². The van der Waals surface area contributed by atoms with Gasteiger partial charge in [0.1, 0.15) is 0 Å². The molecule has 0 atom stereocenters. The van der Waals surface area contributed by atoms with Crippen LogP contribution in [-0.2, 0) is 6.54 Å². The van der Waals surface area contributed by atoms with Gasteiger partial charge in [0.05, 0.1) is 12.1 Å². The molecule has 1 amide bonds. The maximum absolute atomic E-state index is 12.6. The highest BCUT2D eigenvalue weighted by Gasteiger charge is 2.18. The fraction of sp³-hybridized carbons (Fsp3) is 0.263. The van der Waals surface area contributed by atoms with Crippen LogP contribution in [-0.4, -0.2) is 41.6 Å². The van der Waals surface area contributed by atoms with E-state index in [2.05, 4.69) is 5.32 Å². The Bertz CT molecular complexity index is 967. The Balaban J connectivity index is 1.62. The summed E-state index contributed by atoms with van der Waals surface area (Å²) in [5.74, 6) is -0.354. The van der Waals surface area contributed by atoms with Gasteiger partial charge in [0, 0.05) is 31.7 Å². The molecule has 0 unspecified atom stereocenters. The first-order valence-electron chi connectivity index (χ1n) is 8.40. The van der Waals surface area contributed by atoms with Crippen molar-refractivity contribution >= 4 is 17.0 Å². The van der Waals surface area contributed by atoms with E-state index >= 15 is 0 Å². The Morgan fingerprint density at radius 2 is 1.88 bits per heavy atom. The van der Waals surface area contributed by atoms with E-state index in [0.717, 1.165) is 37.3 Å². The van der Waals surface area contributed by atoms with E-state index in [4.69, 9.17) is 4.42 Å². The van der Waals surface area contributed by atoms with Crippen LogP contribution < -0.4 is 11.1 Å². The summed E-state index contributed by atoms with van der Waals surface area (Å²) in [6.07, 6.45) is 0. The third-order valence-electron chi connectivity index (χ3n) is 4.49. The first-order chi connectivity index (χ1) is 12.2. The summed E-state index contributed by atoms with van der Waals surface area (Å²) in [5, 5.41) is 3.24. The lowest BCUT2D eigenvalue weighted by atomic mass is 10.1. The zero-order chi connectivity index (χ0) is 17.2. The average Bonchev–Trinajstić information content (AvgIpc) is 2.97. The van der Waals surface area contributed by atoms with Crippen LogP contribution in [0.4, 0.5) is 0 Å². The summed E-state index contributed by atoms with van der Waals surface area (Å²) in [5.41, 5.74) is 2.88. The van der Waals surface area contributed by atoms with Crippen molar-refractivity contribution in [3.05, 3.63) is 70.2 Å². The molecule has 1 fully saturated rings. The fourth-order valence-corrected chi connectivity index (χ4v) is 3.20. The highest BCUT2D eigenvalue weighted by molar-refractivity contribution is 5.94. The topological polar surface area (TPSA) is 67.5 Å². The van der Waals surface area contributed by atoms with E-state index in [1.807, 2.05) is 47.4 Å². The number of hydrogen-bond donors (Lipinski definition) is 1. The molecule has 1 aliphatic heterocycles. The van der Waals surface area contributed by atoms with Gasteiger partial charge in [0.2, 0.25) is 0 Å². The van der Waals surface area contributed by atoms with Crippen molar-refractivity contribution in [3.63, 3.8) is 0 Å². The predicted molar refractivity (Wildman–Crippen MR) is 94.8 cm³/mol. The second kappa shape index (κ2) is 6.57. The molecule has 0 radical (unpaired) electrons. The summed E-state index contributed by atoms with van der Waals surface area (Å²) < 4.78 is 6.86. The largest absolute Gasteiger partial charge is 0.420 e. The van der Waals surface area contributed by atoms with Crippen LogP contribution in [0, 0.1) is 0 Å². The molecule has 4 rings (SSSR count). The van der Waals surface area contributed by atoms with Crippen LogP contribution in [0.15, 0.2) is 57.7 Å². The number of para-hydroxylation sites is 2. The van der Waals surface area contributed by atoms with Gasteiger partial charge in [-0.2, -0.15) is 0 Å². The molecule has 0 aliphatic carbocycles. The molecule has 2 aromatic carbocycles. The summed E-state index contributed by atoms with van der Waals surface area (Å²) in [6, 6.07) is 14.8. The zero-order valence-corrected chi connectivity index (χ0v) is 13.8. The van der Waals surface area contributed by atoms with Crippen molar-refractivity contribution in [2.45, 2.75) is 6.54 Å². The Hall–Kier alpha value is -2.86. The summed E-state index contributed by atoms with van der Waals surface area (Å²) in [4.78, 5) is 26.6. The van der Waals surface area contributed by atoms with Crippen LogP contribution in [0.5, 0.6) is 0 Å². The van der Waals surface area contributed by atoms with Gasteiger partial charge < -0.3 is 14.6 Å². The standard InChI is InChI=1S/C19H19N3O3/c23-18(21-10-8-20-9-11-21)15-5-3-4-14(12-15)13-22-16-6-1-2-7-17(16)25-19(22)24/h1-7,12,20H,8-11,13H2. The number of oxazole rings is 1. The third kappa shape index (κ3) is 3.08. The van der Waals surface area contributed by atoms with Crippen molar-refractivity contribution in [1.82, 2.24) is 14.8 Å². The third-order valence-corrected chi connectivity index (χ3v) is 4.49. The van der Waals surface area contributed by atoms with E-state index in [9.17, 15) is 9.59 Å². The van der Waals surface area contributed by atoms with Crippen LogP contribution in [0.3, 0.4) is 0 Å². The van der Waals surface area contributed by atoms with E-state index < -0.39 is 0 Å². The number of nitrogens with one attached hydrogen (secondary N) is 1. The molecule has 128 valence electrons. The normalized spacial score (nSPS) is 14.8. The van der Waals surface area contributed by atoms with Gasteiger partial charge in [0.25, 0.3) is 5.91 Å². The van der Waals surface area contributed by atoms with Gasteiger partial charge in [0.15, 0.2) is 5.58 Å². The van der Waals surface area contributed by atoms with Crippen LogP contribution in [0.1, 0.15) is 15.9 Å². The van der Waals surface area contributed by atoms with Gasteiger partial charge in [-0.05, 0) is 29.8 Å². The molecule has 0 bridgehead atoms. The lowest BCUT2D eigenvalue weighted by Crippen LogP contribution is -2.46. The van der Waals surface area contributed by atoms with Gasteiger partial charge in [-0.15, -0.1) is 0 Å². The maximum Gasteiger partial charge on any atom is 0.420 e. The number of carbonyl (C=O) groups excluding carboxylic acids is 1. The van der Waals surface area contributed by atoms with Gasteiger partial charge in [-0.1, -0.05) is 24.3 Å². The van der Waals surface area contributed by atoms with E-state index in [0.29, 0.717) is 17.7 Å². The molecule has 1 aliphatic rings. The zero-order valence-electron chi connectivity index (χ0n) is 13.8. The quantitative estimate of drug-likeness (QED) is 0.790. The Morgan fingerprint density at radius 3 is 2.72 bits per heavy atom. The highest BCUT2D eigenvalue weighted by Crippen LogP contribution is 2.15. The monoisotopic (exact) mass is 337 g/mol. The van der Waals surface area contributed by atoms with Crippen LogP contribution in [0.25, 0.3) is 11.1 Å². The molecular formula is C19H19N3O3. The Morgan fingerprint density at radius 1 is 1.08 bits per heavy atom. The molecule has 3 aromatic rings. The molecule has 6 nitrogen and oxygen atoms in total. The predicted octanol–water partition coefficient (Wildman–Crippen LogP) is 1.69. The van der Waals surface area contributed by atoms with Crippen molar-refractivity contribution < 1.29 is 9.21 Å². The SMILES string of the molecule is O=C(c1cccc(Cn2c(=O)oc3ccccc32)c1)N1CCNCC1. The molecule has 1 aromatic heterocycles. The highest BCUT2D eigenvalue weighted by atomic mass is 16.4. The number of carbonyl (C=O) groups is 1. The van der Waals surface area contributed by atoms with Gasteiger partial charge >= 0.3 is 5.76 Å². The smallest absolute Gasteiger partial charge is 0.408 e. The minimum absolute atomic E-state index is 0.0350. The van der Waals surface area contributed by atoms with Crippen LogP contribution >= 0.6 is 0 Å². The number of piperazine rings is 1. The van der Waals surface area contributed by atoms with E-state index in [1.54, 1.807) is 10.6 Å². The number of benzene rings is 2. The minimum Gasteiger partial charge on any atom is -0.408 e. The number of hydrogen-bond acceptors (Lipinski definition) is 4. The second-order valence-corrected chi connectivity index (χ2v) is 6.16. The molecule has 25 heavy (non-hydrogen) atoms. The Kier molecular flexibility index (Phi) is 4.11. The van der Waals surface area contributed by atoms with Crippen LogP contribution in [0.2, 0.25) is 0 Å². The van der Waals surface area contributed by atoms with Crippen molar-refractivity contribution in [2.24, 2.45) is 0 Å². The molecule has 6 heteroatoms. The summed E-state index contributed by atoms with van der Waals surface area (Å²) in [6.45, 7) is 3.45. The van der Waals surface area contributed by atoms with Gasteiger partial charge in [-0.3, -0.25) is 9.36 Å². The maximum atomic E-state index is 12.6. The first kappa shape index (κ1) is 15.7. The molecule has 1 saturated heterocycles. The van der Waals surface area contributed by atoms with Crippen molar-refractivity contribution in [2.75, 3.05) is 26.2 Å². The number of rotatable bonds is 3. The van der Waals surface area contributed by atoms with E-state index in [1.165, 1.54) is 0 Å². The number of aromatic nitrogens is 1. The summed E-state index contributed by atoms with van der Waals surface area (Å²) in [7, 11) is 0. The Labute approximate surface area is 144 Å². The molecule has 1 N–H and O–H groups in total. The molecule has 0 saturated carbocycles. The van der Waals surface area contributed by atoms with Gasteiger partial charge in [-0.25, -0.2) is 4.79 Å². The average molecular weight is 337 g/mol. The number of nitrogens with zero attached hydrogens (tertiary/aromatic N) is 2. The minimum atomic E-state index is -0.389. The molecule has 2 heterocycles. The number of amides is 1. The first-order valence-corrected chi connectivity index (χ1v) is 8.40. The second-order valence-electron chi connectivity index (χ2n) is 6.16. The lowest BCUT2D eigenvalue weighted by Gasteiger charge is -2.27. The molecule has 0 spiro atoms. The molecular weight excluding hydrogens is 318 g/mol. The fourth-order valence-electron chi connectivity index (χ4n) is 3.20. The van der Waals surface area contributed by atoms with E-state index in [-0.39, 0.29) is 11.7 Å². The number of fused-ring (bicyclic) bond motifs is 1. The summed E-state index contributed by atoms with van der Waals surface area (Å²) >= 11 is 0. The lowest BCUT2D eigenvalue weighted by molar-refractivity contribution is 0.0735. The van der Waals surface area contributed by atoms with Crippen molar-refractivity contribution in [1.29, 1.82) is 0 Å².